The van der Waals surface area contributed by atoms with Crippen LogP contribution in [0.15, 0.2) is 54.6 Å². The number of aryl methyl sites for hydroxylation is 2. The van der Waals surface area contributed by atoms with Gasteiger partial charge in [0, 0.05) is 11.6 Å². The average molecular weight is 395 g/mol. The predicted molar refractivity (Wildman–Crippen MR) is 115 cm³/mol. The fraction of sp³-hybridized carbons (Fsp3) is 0.333. The summed E-state index contributed by atoms with van der Waals surface area (Å²) >= 11 is 0. The minimum Gasteiger partial charge on any atom is -0.489 e. The van der Waals surface area contributed by atoms with Gasteiger partial charge in [0.05, 0.1) is 0 Å². The van der Waals surface area contributed by atoms with Gasteiger partial charge in [-0.05, 0) is 57.4 Å². The fourth-order valence-electron chi connectivity index (χ4n) is 2.71. The Bertz CT molecular complexity index is 846. The van der Waals surface area contributed by atoms with Gasteiger partial charge in [0.15, 0.2) is 0 Å². The summed E-state index contributed by atoms with van der Waals surface area (Å²) in [5.41, 5.74) is 2.32. The van der Waals surface area contributed by atoms with Gasteiger partial charge in [0.1, 0.15) is 12.4 Å². The highest BCUT2D eigenvalue weighted by atomic mass is 16.6. The second-order valence-corrected chi connectivity index (χ2v) is 7.94. The highest BCUT2D eigenvalue weighted by molar-refractivity contribution is 5.90. The van der Waals surface area contributed by atoms with Crippen LogP contribution in [0, 0.1) is 13.8 Å². The van der Waals surface area contributed by atoms with Gasteiger partial charge >= 0.3 is 5.97 Å². The van der Waals surface area contributed by atoms with Crippen molar-refractivity contribution in [3.8, 4) is 5.75 Å². The summed E-state index contributed by atoms with van der Waals surface area (Å²) in [5.74, 6) is -0.310. The van der Waals surface area contributed by atoms with Crippen LogP contribution in [-0.4, -0.2) is 30.1 Å². The Kier molecular flexibility index (Phi) is 7.59. The van der Waals surface area contributed by atoms with Crippen molar-refractivity contribution in [2.24, 2.45) is 0 Å². The highest BCUT2D eigenvalue weighted by Gasteiger charge is 2.27. The molecule has 0 heterocycles. The van der Waals surface area contributed by atoms with Crippen molar-refractivity contribution in [1.82, 2.24) is 5.32 Å². The molecule has 0 aliphatic rings. The minimum atomic E-state index is -1.07. The average Bonchev–Trinajstić information content (AvgIpc) is 2.64. The SMILES string of the molecule is Cc1cccc(C)c1OCC(OC(=O)C=Cc1ccccc1)C(=O)NC(C)(C)C. The van der Waals surface area contributed by atoms with Crippen LogP contribution in [0.25, 0.3) is 6.08 Å². The van der Waals surface area contributed by atoms with E-state index in [0.717, 1.165) is 16.7 Å². The summed E-state index contributed by atoms with van der Waals surface area (Å²) in [6, 6.07) is 15.2. The van der Waals surface area contributed by atoms with Crippen LogP contribution < -0.4 is 10.1 Å². The molecule has 0 bridgehead atoms. The Hall–Kier alpha value is -3.08. The van der Waals surface area contributed by atoms with Crippen LogP contribution in [0.2, 0.25) is 0 Å². The van der Waals surface area contributed by atoms with Gasteiger partial charge < -0.3 is 14.8 Å². The van der Waals surface area contributed by atoms with E-state index in [9.17, 15) is 9.59 Å². The molecule has 0 aromatic heterocycles. The van der Waals surface area contributed by atoms with E-state index in [2.05, 4.69) is 5.32 Å². The summed E-state index contributed by atoms with van der Waals surface area (Å²) in [7, 11) is 0. The number of rotatable bonds is 7. The molecule has 29 heavy (non-hydrogen) atoms. The first kappa shape index (κ1) is 22.2. The Morgan fingerprint density at radius 2 is 1.62 bits per heavy atom. The van der Waals surface area contributed by atoms with E-state index < -0.39 is 23.5 Å². The van der Waals surface area contributed by atoms with Gasteiger partial charge in [-0.2, -0.15) is 0 Å². The summed E-state index contributed by atoms with van der Waals surface area (Å²) in [5, 5.41) is 2.84. The molecular formula is C24H29NO4. The maximum Gasteiger partial charge on any atom is 0.331 e. The Morgan fingerprint density at radius 3 is 2.21 bits per heavy atom. The number of amides is 1. The molecule has 2 aromatic carbocycles. The molecule has 0 radical (unpaired) electrons. The molecule has 0 saturated carbocycles. The van der Waals surface area contributed by atoms with Crippen molar-refractivity contribution in [3.63, 3.8) is 0 Å². The maximum atomic E-state index is 12.7. The topological polar surface area (TPSA) is 64.6 Å². The van der Waals surface area contributed by atoms with Crippen LogP contribution in [0.5, 0.6) is 5.75 Å². The second-order valence-electron chi connectivity index (χ2n) is 7.94. The summed E-state index contributed by atoms with van der Waals surface area (Å²) in [4.78, 5) is 25.0. The highest BCUT2D eigenvalue weighted by Crippen LogP contribution is 2.22. The smallest absolute Gasteiger partial charge is 0.331 e. The third-order valence-electron chi connectivity index (χ3n) is 4.05. The molecule has 0 spiro atoms. The molecule has 0 aliphatic heterocycles. The summed E-state index contributed by atoms with van der Waals surface area (Å²) in [6.45, 7) is 9.39. The van der Waals surface area contributed by atoms with Crippen LogP contribution >= 0.6 is 0 Å². The zero-order valence-corrected chi connectivity index (χ0v) is 17.7. The quantitative estimate of drug-likeness (QED) is 0.563. The van der Waals surface area contributed by atoms with Crippen molar-refractivity contribution in [1.29, 1.82) is 0 Å². The molecule has 1 atom stereocenters. The van der Waals surface area contributed by atoms with Crippen molar-refractivity contribution >= 4 is 18.0 Å². The number of para-hydroxylation sites is 1. The standard InChI is InChI=1S/C24H29NO4/c1-17-10-9-11-18(2)22(17)28-16-20(23(27)25-24(3,4)5)29-21(26)15-14-19-12-7-6-8-13-19/h6-15,20H,16H2,1-5H3,(H,25,27). The lowest BCUT2D eigenvalue weighted by atomic mass is 10.1. The van der Waals surface area contributed by atoms with E-state index in [1.54, 1.807) is 6.08 Å². The monoisotopic (exact) mass is 395 g/mol. The number of nitrogens with one attached hydrogen (secondary N) is 1. The molecule has 154 valence electrons. The van der Waals surface area contributed by atoms with Crippen LogP contribution in [0.1, 0.15) is 37.5 Å². The molecule has 2 aromatic rings. The van der Waals surface area contributed by atoms with Gasteiger partial charge in [-0.3, -0.25) is 4.79 Å². The van der Waals surface area contributed by atoms with E-state index in [1.165, 1.54) is 6.08 Å². The van der Waals surface area contributed by atoms with Crippen LogP contribution in [-0.2, 0) is 14.3 Å². The summed E-state index contributed by atoms with van der Waals surface area (Å²) in [6.07, 6.45) is 1.89. The molecule has 2 rings (SSSR count). The number of ether oxygens (including phenoxy) is 2. The fourth-order valence-corrected chi connectivity index (χ4v) is 2.71. The predicted octanol–water partition coefficient (Wildman–Crippen LogP) is 4.22. The third kappa shape index (κ3) is 7.45. The van der Waals surface area contributed by atoms with E-state index in [4.69, 9.17) is 9.47 Å². The number of esters is 1. The van der Waals surface area contributed by atoms with E-state index in [0.29, 0.717) is 5.75 Å². The zero-order valence-electron chi connectivity index (χ0n) is 17.7. The van der Waals surface area contributed by atoms with E-state index in [-0.39, 0.29) is 6.61 Å². The zero-order chi connectivity index (χ0) is 21.4. The molecule has 5 heteroatoms. The summed E-state index contributed by atoms with van der Waals surface area (Å²) < 4.78 is 11.3. The van der Waals surface area contributed by atoms with Crippen molar-refractivity contribution in [2.75, 3.05) is 6.61 Å². The number of hydrogen-bond donors (Lipinski definition) is 1. The number of carbonyl (C=O) groups excluding carboxylic acids is 2. The van der Waals surface area contributed by atoms with Crippen molar-refractivity contribution < 1.29 is 19.1 Å². The van der Waals surface area contributed by atoms with Crippen LogP contribution in [0.4, 0.5) is 0 Å². The molecule has 5 nitrogen and oxygen atoms in total. The van der Waals surface area contributed by atoms with E-state index >= 15 is 0 Å². The number of benzene rings is 2. The minimum absolute atomic E-state index is 0.0709. The van der Waals surface area contributed by atoms with Gasteiger partial charge in [-0.25, -0.2) is 4.79 Å². The first-order valence-electron chi connectivity index (χ1n) is 9.60. The lowest BCUT2D eigenvalue weighted by Crippen LogP contribution is -2.49. The number of carbonyl (C=O) groups is 2. The molecule has 1 amide bonds. The molecule has 0 saturated heterocycles. The largest absolute Gasteiger partial charge is 0.489 e. The Labute approximate surface area is 172 Å². The van der Waals surface area contributed by atoms with Gasteiger partial charge in [-0.15, -0.1) is 0 Å². The molecule has 1 N–H and O–H groups in total. The molecule has 0 fully saturated rings. The van der Waals surface area contributed by atoms with E-state index in [1.807, 2.05) is 83.1 Å². The first-order valence-corrected chi connectivity index (χ1v) is 9.60. The lowest BCUT2D eigenvalue weighted by molar-refractivity contribution is -0.153. The van der Waals surface area contributed by atoms with Crippen molar-refractivity contribution in [3.05, 3.63) is 71.3 Å². The molecular weight excluding hydrogens is 366 g/mol. The van der Waals surface area contributed by atoms with Crippen LogP contribution in [0.3, 0.4) is 0 Å². The Morgan fingerprint density at radius 1 is 1.00 bits per heavy atom. The van der Waals surface area contributed by atoms with Crippen molar-refractivity contribution in [2.45, 2.75) is 46.3 Å². The third-order valence-corrected chi connectivity index (χ3v) is 4.05. The molecule has 1 unspecified atom stereocenters. The van der Waals surface area contributed by atoms with Gasteiger partial charge in [-0.1, -0.05) is 48.5 Å². The first-order chi connectivity index (χ1) is 13.7. The lowest BCUT2D eigenvalue weighted by Gasteiger charge is -2.25. The second kappa shape index (κ2) is 9.92. The number of hydrogen-bond acceptors (Lipinski definition) is 4. The molecule has 0 aliphatic carbocycles. The Balaban J connectivity index is 2.11. The maximum absolute atomic E-state index is 12.7. The van der Waals surface area contributed by atoms with Gasteiger partial charge in [0.2, 0.25) is 6.10 Å². The van der Waals surface area contributed by atoms with Gasteiger partial charge in [0.25, 0.3) is 5.91 Å². The normalized spacial score (nSPS) is 12.4.